The van der Waals surface area contributed by atoms with Crippen molar-refractivity contribution >= 4 is 28.9 Å². The lowest BCUT2D eigenvalue weighted by atomic mass is 10.1. The van der Waals surface area contributed by atoms with E-state index < -0.39 is 0 Å². The largest absolute Gasteiger partial charge is 0.382 e. The molecule has 1 atom stereocenters. The third kappa shape index (κ3) is 4.72. The van der Waals surface area contributed by atoms with Crippen molar-refractivity contribution in [1.29, 1.82) is 0 Å². The van der Waals surface area contributed by atoms with Gasteiger partial charge in [-0.25, -0.2) is 0 Å². The van der Waals surface area contributed by atoms with Crippen molar-refractivity contribution in [3.63, 3.8) is 0 Å². The Bertz CT molecular complexity index is 302. The molecule has 0 saturated heterocycles. The molecule has 1 heterocycles. The highest BCUT2D eigenvalue weighted by Crippen LogP contribution is 2.20. The number of hydrogen-bond donors (Lipinski definition) is 1. The predicted molar refractivity (Wildman–Crippen MR) is 66.8 cm³/mol. The van der Waals surface area contributed by atoms with E-state index in [0.29, 0.717) is 10.9 Å². The van der Waals surface area contributed by atoms with E-state index >= 15 is 0 Å². The molecule has 0 aromatic carbocycles. The lowest BCUT2D eigenvalue weighted by Crippen LogP contribution is -2.16. The summed E-state index contributed by atoms with van der Waals surface area (Å²) in [5.74, 6) is 0.613. The van der Waals surface area contributed by atoms with E-state index in [2.05, 4.69) is 24.1 Å². The highest BCUT2D eigenvalue weighted by molar-refractivity contribution is 6.33. The topological polar surface area (TPSA) is 24.9 Å². The molecule has 1 unspecified atom stereocenters. The van der Waals surface area contributed by atoms with Crippen LogP contribution in [0.2, 0.25) is 5.02 Å². The molecule has 0 radical (unpaired) electrons. The van der Waals surface area contributed by atoms with Crippen LogP contribution in [0.25, 0.3) is 0 Å². The number of pyridine rings is 1. The first-order valence-electron chi connectivity index (χ1n) is 5.07. The van der Waals surface area contributed by atoms with Crippen molar-refractivity contribution in [3.05, 3.63) is 23.5 Å². The van der Waals surface area contributed by atoms with Gasteiger partial charge in [-0.05, 0) is 18.4 Å². The Morgan fingerprint density at radius 1 is 1.47 bits per heavy atom. The highest BCUT2D eigenvalue weighted by Gasteiger charge is 2.07. The van der Waals surface area contributed by atoms with Crippen LogP contribution in [0.1, 0.15) is 20.3 Å². The van der Waals surface area contributed by atoms with E-state index in [4.69, 9.17) is 23.2 Å². The summed E-state index contributed by atoms with van der Waals surface area (Å²) >= 11 is 12.1. The van der Waals surface area contributed by atoms with Crippen LogP contribution in [-0.4, -0.2) is 16.9 Å². The first-order chi connectivity index (χ1) is 7.09. The fourth-order valence-corrected chi connectivity index (χ4v) is 1.95. The van der Waals surface area contributed by atoms with Gasteiger partial charge in [0.25, 0.3) is 0 Å². The molecule has 15 heavy (non-hydrogen) atoms. The maximum Gasteiger partial charge on any atom is 0.0820 e. The summed E-state index contributed by atoms with van der Waals surface area (Å²) in [7, 11) is 0. The van der Waals surface area contributed by atoms with Crippen molar-refractivity contribution in [1.82, 2.24) is 4.98 Å². The summed E-state index contributed by atoms with van der Waals surface area (Å²) in [6.45, 7) is 5.05. The number of alkyl halides is 1. The summed E-state index contributed by atoms with van der Waals surface area (Å²) in [6.07, 6.45) is 4.33. The molecule has 84 valence electrons. The fourth-order valence-electron chi connectivity index (χ4n) is 1.33. The minimum atomic E-state index is 0.134. The number of hydrogen-bond acceptors (Lipinski definition) is 2. The second kappa shape index (κ2) is 6.19. The highest BCUT2D eigenvalue weighted by atomic mass is 35.5. The number of aromatic nitrogens is 1. The summed E-state index contributed by atoms with van der Waals surface area (Å²) in [4.78, 5) is 3.92. The van der Waals surface area contributed by atoms with Crippen LogP contribution < -0.4 is 5.32 Å². The maximum absolute atomic E-state index is 6.16. The van der Waals surface area contributed by atoms with Gasteiger partial charge in [0.2, 0.25) is 0 Å². The van der Waals surface area contributed by atoms with E-state index in [9.17, 15) is 0 Å². The Morgan fingerprint density at radius 2 is 2.20 bits per heavy atom. The van der Waals surface area contributed by atoms with Gasteiger partial charge in [0.05, 0.1) is 16.1 Å². The lowest BCUT2D eigenvalue weighted by Gasteiger charge is -2.14. The summed E-state index contributed by atoms with van der Waals surface area (Å²) in [6, 6.07) is 1.85. The van der Waals surface area contributed by atoms with Crippen molar-refractivity contribution in [3.8, 4) is 0 Å². The molecule has 1 aromatic heterocycles. The van der Waals surface area contributed by atoms with Gasteiger partial charge in [-0.15, -0.1) is 11.6 Å². The Kier molecular flexibility index (Phi) is 5.20. The normalized spacial score (nSPS) is 12.9. The third-order valence-corrected chi connectivity index (χ3v) is 2.65. The molecular formula is C11H16Cl2N2. The van der Waals surface area contributed by atoms with Gasteiger partial charge in [-0.3, -0.25) is 4.98 Å². The third-order valence-electron chi connectivity index (χ3n) is 2.01. The molecule has 2 nitrogen and oxygen atoms in total. The van der Waals surface area contributed by atoms with Crippen molar-refractivity contribution in [2.45, 2.75) is 25.6 Å². The second-order valence-electron chi connectivity index (χ2n) is 3.96. The van der Waals surface area contributed by atoms with E-state index in [0.717, 1.165) is 18.7 Å². The molecule has 0 spiro atoms. The quantitative estimate of drug-likeness (QED) is 0.800. The molecule has 4 heteroatoms. The first-order valence-corrected chi connectivity index (χ1v) is 5.88. The molecule has 0 amide bonds. The SMILES string of the molecule is CC(C)CC(Cl)CNc1ccncc1Cl. The Hall–Kier alpha value is -0.470. The van der Waals surface area contributed by atoms with Crippen LogP contribution >= 0.6 is 23.2 Å². The average Bonchev–Trinajstić information content (AvgIpc) is 2.15. The zero-order valence-corrected chi connectivity index (χ0v) is 10.5. The van der Waals surface area contributed by atoms with E-state index in [1.54, 1.807) is 12.4 Å². The van der Waals surface area contributed by atoms with Gasteiger partial charge >= 0.3 is 0 Å². The Labute approximate surface area is 101 Å². The number of nitrogens with zero attached hydrogens (tertiary/aromatic N) is 1. The zero-order chi connectivity index (χ0) is 11.3. The molecule has 1 N–H and O–H groups in total. The first kappa shape index (κ1) is 12.6. The molecule has 0 saturated carbocycles. The predicted octanol–water partition coefficient (Wildman–Crippen LogP) is 3.80. The van der Waals surface area contributed by atoms with Crippen LogP contribution in [0.15, 0.2) is 18.5 Å². The van der Waals surface area contributed by atoms with Crippen molar-refractivity contribution < 1.29 is 0 Å². The van der Waals surface area contributed by atoms with Crippen LogP contribution in [0, 0.1) is 5.92 Å². The summed E-state index contributed by atoms with van der Waals surface area (Å²) in [5, 5.41) is 3.98. The Balaban J connectivity index is 2.40. The van der Waals surface area contributed by atoms with Gasteiger partial charge < -0.3 is 5.32 Å². The van der Waals surface area contributed by atoms with Gasteiger partial charge in [0, 0.05) is 18.9 Å². The van der Waals surface area contributed by atoms with Crippen molar-refractivity contribution in [2.75, 3.05) is 11.9 Å². The fraction of sp³-hybridized carbons (Fsp3) is 0.545. The van der Waals surface area contributed by atoms with E-state index in [-0.39, 0.29) is 5.38 Å². The molecule has 0 aliphatic heterocycles. The molecule has 1 aromatic rings. The Morgan fingerprint density at radius 3 is 2.80 bits per heavy atom. The summed E-state index contributed by atoms with van der Waals surface area (Å²) in [5.41, 5.74) is 0.890. The molecule has 1 rings (SSSR count). The standard InChI is InChI=1S/C11H16Cl2N2/c1-8(2)5-9(12)6-15-11-3-4-14-7-10(11)13/h3-4,7-9H,5-6H2,1-2H3,(H,14,15). The van der Waals surface area contributed by atoms with Gasteiger partial charge in [-0.2, -0.15) is 0 Å². The molecule has 0 aliphatic carbocycles. The lowest BCUT2D eigenvalue weighted by molar-refractivity contribution is 0.572. The number of halogens is 2. The van der Waals surface area contributed by atoms with E-state index in [1.165, 1.54) is 0 Å². The van der Waals surface area contributed by atoms with E-state index in [1.807, 2.05) is 6.07 Å². The molecular weight excluding hydrogens is 231 g/mol. The monoisotopic (exact) mass is 246 g/mol. The number of anilines is 1. The second-order valence-corrected chi connectivity index (χ2v) is 4.99. The summed E-state index contributed by atoms with van der Waals surface area (Å²) < 4.78 is 0. The molecule has 0 fully saturated rings. The maximum atomic E-state index is 6.16. The van der Waals surface area contributed by atoms with Crippen LogP contribution in [0.4, 0.5) is 5.69 Å². The van der Waals surface area contributed by atoms with Gasteiger partial charge in [0.1, 0.15) is 0 Å². The smallest absolute Gasteiger partial charge is 0.0820 e. The minimum Gasteiger partial charge on any atom is -0.382 e. The molecule has 0 bridgehead atoms. The van der Waals surface area contributed by atoms with Gasteiger partial charge in [-0.1, -0.05) is 25.4 Å². The van der Waals surface area contributed by atoms with Crippen LogP contribution in [0.3, 0.4) is 0 Å². The number of nitrogens with one attached hydrogen (secondary N) is 1. The van der Waals surface area contributed by atoms with Crippen molar-refractivity contribution in [2.24, 2.45) is 5.92 Å². The van der Waals surface area contributed by atoms with Crippen LogP contribution in [-0.2, 0) is 0 Å². The minimum absolute atomic E-state index is 0.134. The number of rotatable bonds is 5. The molecule has 0 aliphatic rings. The van der Waals surface area contributed by atoms with Crippen LogP contribution in [0.5, 0.6) is 0 Å². The zero-order valence-electron chi connectivity index (χ0n) is 9.00. The average molecular weight is 247 g/mol. The van der Waals surface area contributed by atoms with Gasteiger partial charge in [0.15, 0.2) is 0 Å².